The minimum Gasteiger partial charge on any atom is -0.365 e. The van der Waals surface area contributed by atoms with Gasteiger partial charge in [0, 0.05) is 29.3 Å². The molecule has 0 radical (unpaired) electrons. The molecule has 0 bridgehead atoms. The van der Waals surface area contributed by atoms with Crippen LogP contribution in [0.4, 0.5) is 5.69 Å². The van der Waals surface area contributed by atoms with Crippen LogP contribution >= 0.6 is 15.9 Å². The molecule has 0 aliphatic carbocycles. The molecule has 1 N–H and O–H groups in total. The molecule has 2 aromatic rings. The molecule has 1 aliphatic rings. The molecule has 1 fully saturated rings. The third-order valence-electron chi connectivity index (χ3n) is 4.38. The molecule has 1 saturated heterocycles. The van der Waals surface area contributed by atoms with E-state index in [0.717, 1.165) is 17.6 Å². The van der Waals surface area contributed by atoms with Gasteiger partial charge in [-0.1, -0.05) is 46.3 Å². The van der Waals surface area contributed by atoms with Gasteiger partial charge in [0.1, 0.15) is 0 Å². The van der Waals surface area contributed by atoms with Gasteiger partial charge < -0.3 is 10.2 Å². The Morgan fingerprint density at radius 3 is 2.43 bits per heavy atom. The van der Waals surface area contributed by atoms with E-state index in [-0.39, 0.29) is 5.54 Å². The van der Waals surface area contributed by atoms with Gasteiger partial charge in [-0.25, -0.2) is 0 Å². The fourth-order valence-electron chi connectivity index (χ4n) is 3.01. The lowest BCUT2D eigenvalue weighted by Crippen LogP contribution is -2.60. The lowest BCUT2D eigenvalue weighted by atomic mass is 9.88. The molecule has 1 heterocycles. The van der Waals surface area contributed by atoms with Gasteiger partial charge in [-0.15, -0.1) is 0 Å². The Morgan fingerprint density at radius 2 is 1.76 bits per heavy atom. The summed E-state index contributed by atoms with van der Waals surface area (Å²) in [5, 5.41) is 3.72. The van der Waals surface area contributed by atoms with Gasteiger partial charge in [-0.05, 0) is 43.7 Å². The molecule has 1 aliphatic heterocycles. The SMILES string of the molecule is CC1CNC(C)(c2ccccc2)CN1c1ccc(Br)cc1. The Labute approximate surface area is 135 Å². The van der Waals surface area contributed by atoms with E-state index in [1.807, 2.05) is 0 Å². The predicted octanol–water partition coefficient (Wildman–Crippen LogP) is 4.16. The summed E-state index contributed by atoms with van der Waals surface area (Å²) < 4.78 is 1.12. The fraction of sp³-hybridized carbons (Fsp3) is 0.333. The quantitative estimate of drug-likeness (QED) is 0.879. The molecule has 3 rings (SSSR count). The van der Waals surface area contributed by atoms with Crippen LogP contribution in [0.1, 0.15) is 19.4 Å². The van der Waals surface area contributed by atoms with Crippen molar-refractivity contribution < 1.29 is 0 Å². The van der Waals surface area contributed by atoms with Crippen molar-refractivity contribution in [3.63, 3.8) is 0 Å². The van der Waals surface area contributed by atoms with Gasteiger partial charge in [0.15, 0.2) is 0 Å². The standard InChI is InChI=1S/C18H21BrN2/c1-14-12-20-18(2,15-6-4-3-5-7-15)13-21(14)17-10-8-16(19)9-11-17/h3-11,14,20H,12-13H2,1-2H3. The lowest BCUT2D eigenvalue weighted by molar-refractivity contribution is 0.299. The van der Waals surface area contributed by atoms with Crippen LogP contribution in [-0.4, -0.2) is 19.1 Å². The van der Waals surface area contributed by atoms with E-state index in [2.05, 4.69) is 94.6 Å². The second-order valence-corrected chi connectivity index (χ2v) is 6.95. The highest BCUT2D eigenvalue weighted by Crippen LogP contribution is 2.30. The Morgan fingerprint density at radius 1 is 1.10 bits per heavy atom. The number of benzene rings is 2. The van der Waals surface area contributed by atoms with Crippen LogP contribution in [0.3, 0.4) is 0 Å². The smallest absolute Gasteiger partial charge is 0.0584 e. The molecule has 0 amide bonds. The molecule has 0 aromatic heterocycles. The molecule has 2 unspecified atom stereocenters. The van der Waals surface area contributed by atoms with E-state index < -0.39 is 0 Å². The average molecular weight is 345 g/mol. The van der Waals surface area contributed by atoms with E-state index in [0.29, 0.717) is 6.04 Å². The second kappa shape index (κ2) is 5.82. The maximum absolute atomic E-state index is 3.72. The number of hydrogen-bond acceptors (Lipinski definition) is 2. The topological polar surface area (TPSA) is 15.3 Å². The summed E-state index contributed by atoms with van der Waals surface area (Å²) in [4.78, 5) is 2.50. The number of nitrogens with zero attached hydrogens (tertiary/aromatic N) is 1. The number of piperazine rings is 1. The molecular formula is C18H21BrN2. The number of rotatable bonds is 2. The van der Waals surface area contributed by atoms with Crippen molar-refractivity contribution >= 4 is 21.6 Å². The summed E-state index contributed by atoms with van der Waals surface area (Å²) in [7, 11) is 0. The lowest BCUT2D eigenvalue weighted by Gasteiger charge is -2.46. The summed E-state index contributed by atoms with van der Waals surface area (Å²) in [6.07, 6.45) is 0. The van der Waals surface area contributed by atoms with Crippen LogP contribution in [0.5, 0.6) is 0 Å². The zero-order valence-corrected chi connectivity index (χ0v) is 14.1. The molecule has 0 saturated carbocycles. The first-order valence-electron chi connectivity index (χ1n) is 7.41. The van der Waals surface area contributed by atoms with Crippen molar-refractivity contribution in [1.29, 1.82) is 0 Å². The maximum atomic E-state index is 3.72. The summed E-state index contributed by atoms with van der Waals surface area (Å²) in [6, 6.07) is 19.8. The maximum Gasteiger partial charge on any atom is 0.0584 e. The van der Waals surface area contributed by atoms with Crippen molar-refractivity contribution in [2.45, 2.75) is 25.4 Å². The fourth-order valence-corrected chi connectivity index (χ4v) is 3.28. The summed E-state index contributed by atoms with van der Waals surface area (Å²) in [5.41, 5.74) is 2.62. The van der Waals surface area contributed by atoms with Crippen molar-refractivity contribution in [3.8, 4) is 0 Å². The third kappa shape index (κ3) is 2.99. The number of halogens is 1. The molecule has 3 heteroatoms. The van der Waals surface area contributed by atoms with Crippen LogP contribution in [0.25, 0.3) is 0 Å². The minimum absolute atomic E-state index is 0.0131. The van der Waals surface area contributed by atoms with E-state index in [9.17, 15) is 0 Å². The van der Waals surface area contributed by atoms with Crippen molar-refractivity contribution in [2.24, 2.45) is 0 Å². The Balaban J connectivity index is 1.89. The minimum atomic E-state index is -0.0131. The monoisotopic (exact) mass is 344 g/mol. The molecule has 2 atom stereocenters. The highest BCUT2D eigenvalue weighted by Gasteiger charge is 2.35. The zero-order valence-electron chi connectivity index (χ0n) is 12.5. The van der Waals surface area contributed by atoms with Crippen LogP contribution in [0.2, 0.25) is 0 Å². The van der Waals surface area contributed by atoms with Crippen LogP contribution in [0, 0.1) is 0 Å². The van der Waals surface area contributed by atoms with E-state index in [4.69, 9.17) is 0 Å². The van der Waals surface area contributed by atoms with Gasteiger partial charge in [-0.3, -0.25) is 0 Å². The van der Waals surface area contributed by atoms with Crippen molar-refractivity contribution in [3.05, 3.63) is 64.6 Å². The van der Waals surface area contributed by atoms with Gasteiger partial charge in [-0.2, -0.15) is 0 Å². The van der Waals surface area contributed by atoms with Crippen LogP contribution in [-0.2, 0) is 5.54 Å². The van der Waals surface area contributed by atoms with Gasteiger partial charge in [0.25, 0.3) is 0 Å². The van der Waals surface area contributed by atoms with Crippen molar-refractivity contribution in [1.82, 2.24) is 5.32 Å². The summed E-state index contributed by atoms with van der Waals surface area (Å²) in [6.45, 7) is 6.53. The largest absolute Gasteiger partial charge is 0.365 e. The first kappa shape index (κ1) is 14.6. The molecule has 0 spiro atoms. The Kier molecular flexibility index (Phi) is 4.05. The molecular weight excluding hydrogens is 324 g/mol. The number of anilines is 1. The number of hydrogen-bond donors (Lipinski definition) is 1. The van der Waals surface area contributed by atoms with Crippen molar-refractivity contribution in [2.75, 3.05) is 18.0 Å². The average Bonchev–Trinajstić information content (AvgIpc) is 2.52. The van der Waals surface area contributed by atoms with Gasteiger partial charge in [0.05, 0.1) is 5.54 Å². The number of nitrogens with one attached hydrogen (secondary N) is 1. The van der Waals surface area contributed by atoms with Gasteiger partial charge in [0.2, 0.25) is 0 Å². The highest BCUT2D eigenvalue weighted by atomic mass is 79.9. The molecule has 21 heavy (non-hydrogen) atoms. The van der Waals surface area contributed by atoms with E-state index in [1.165, 1.54) is 11.3 Å². The third-order valence-corrected chi connectivity index (χ3v) is 4.90. The highest BCUT2D eigenvalue weighted by molar-refractivity contribution is 9.10. The molecule has 2 nitrogen and oxygen atoms in total. The first-order chi connectivity index (χ1) is 10.1. The normalized spacial score (nSPS) is 25.9. The molecule has 110 valence electrons. The van der Waals surface area contributed by atoms with Crippen LogP contribution in [0.15, 0.2) is 59.1 Å². The van der Waals surface area contributed by atoms with Crippen LogP contribution < -0.4 is 10.2 Å². The van der Waals surface area contributed by atoms with Gasteiger partial charge >= 0.3 is 0 Å². The molecule has 2 aromatic carbocycles. The summed E-state index contributed by atoms with van der Waals surface area (Å²) >= 11 is 3.51. The second-order valence-electron chi connectivity index (χ2n) is 6.03. The predicted molar refractivity (Wildman–Crippen MR) is 92.7 cm³/mol. The van der Waals surface area contributed by atoms with E-state index >= 15 is 0 Å². The summed E-state index contributed by atoms with van der Waals surface area (Å²) in [5.74, 6) is 0. The Hall–Kier alpha value is -1.32. The Bertz CT molecular complexity index is 596. The zero-order chi connectivity index (χ0) is 14.9. The van der Waals surface area contributed by atoms with E-state index in [1.54, 1.807) is 0 Å². The first-order valence-corrected chi connectivity index (χ1v) is 8.20.